The maximum atomic E-state index is 10.9. The smallest absolute Gasteiger partial charge is 0.306 e. The molecule has 18 heavy (non-hydrogen) atoms. The normalized spacial score (nSPS) is 41.6. The molecule has 104 valence electrons. The lowest BCUT2D eigenvalue weighted by molar-refractivity contribution is -0.255. The van der Waals surface area contributed by atoms with Gasteiger partial charge < -0.3 is 19.7 Å². The van der Waals surface area contributed by atoms with E-state index < -0.39 is 23.6 Å². The van der Waals surface area contributed by atoms with Crippen LogP contribution in [0.4, 0.5) is 0 Å². The molecule has 1 aliphatic carbocycles. The predicted molar refractivity (Wildman–Crippen MR) is 64.1 cm³/mol. The van der Waals surface area contributed by atoms with E-state index in [0.29, 0.717) is 19.4 Å². The van der Waals surface area contributed by atoms with Crippen molar-refractivity contribution in [1.29, 1.82) is 0 Å². The second-order valence-corrected chi connectivity index (χ2v) is 5.55. The van der Waals surface area contributed by atoms with E-state index in [1.54, 1.807) is 0 Å². The van der Waals surface area contributed by atoms with Crippen molar-refractivity contribution in [3.63, 3.8) is 0 Å². The zero-order valence-electron chi connectivity index (χ0n) is 10.8. The Kier molecular flexibility index (Phi) is 4.25. The van der Waals surface area contributed by atoms with Crippen LogP contribution in [0.1, 0.15) is 45.4 Å². The van der Waals surface area contributed by atoms with Gasteiger partial charge in [0.1, 0.15) is 0 Å². The minimum Gasteiger partial charge on any atom is -0.481 e. The second kappa shape index (κ2) is 5.55. The highest BCUT2D eigenvalue weighted by Crippen LogP contribution is 2.37. The van der Waals surface area contributed by atoms with Gasteiger partial charge >= 0.3 is 5.97 Å². The average Bonchev–Trinajstić information content (AvgIpc) is 2.34. The van der Waals surface area contributed by atoms with Gasteiger partial charge in [-0.3, -0.25) is 4.79 Å². The first-order chi connectivity index (χ1) is 8.51. The lowest BCUT2D eigenvalue weighted by Crippen LogP contribution is -2.50. The lowest BCUT2D eigenvalue weighted by Gasteiger charge is -2.43. The molecule has 0 bridgehead atoms. The highest BCUT2D eigenvalue weighted by molar-refractivity contribution is 5.70. The number of hydrogen-bond donors (Lipinski definition) is 2. The Labute approximate surface area is 107 Å². The van der Waals surface area contributed by atoms with Gasteiger partial charge in [0, 0.05) is 6.61 Å². The number of aliphatic hydroxyl groups excluding tert-OH is 1. The van der Waals surface area contributed by atoms with Crippen LogP contribution in [-0.4, -0.2) is 40.8 Å². The van der Waals surface area contributed by atoms with Crippen LogP contribution in [0, 0.1) is 5.92 Å². The third-order valence-electron chi connectivity index (χ3n) is 4.09. The van der Waals surface area contributed by atoms with Crippen LogP contribution < -0.4 is 0 Å². The number of aliphatic hydroxyl groups is 1. The Morgan fingerprint density at radius 1 is 1.39 bits per heavy atom. The number of rotatable bonds is 3. The standard InChI is InChI=1S/C13H22O5/c1-13(18-11-4-2-3-7-17-11)6-5-9(12(15)16)8-10(13)14/h9-11,14H,2-8H2,1H3,(H,15,16)/t9-,10-,11?,13-/m0/s1. The highest BCUT2D eigenvalue weighted by atomic mass is 16.7. The van der Waals surface area contributed by atoms with Crippen LogP contribution in [0.2, 0.25) is 0 Å². The van der Waals surface area contributed by atoms with Crippen molar-refractivity contribution in [3.8, 4) is 0 Å². The zero-order chi connectivity index (χ0) is 13.2. The minimum absolute atomic E-state index is 0.250. The molecule has 0 aromatic heterocycles. The summed E-state index contributed by atoms with van der Waals surface area (Å²) in [6, 6.07) is 0. The third kappa shape index (κ3) is 3.02. The van der Waals surface area contributed by atoms with Crippen LogP contribution in [0.25, 0.3) is 0 Å². The molecule has 1 aliphatic heterocycles. The second-order valence-electron chi connectivity index (χ2n) is 5.55. The fourth-order valence-corrected chi connectivity index (χ4v) is 2.73. The molecule has 5 nitrogen and oxygen atoms in total. The molecule has 4 atom stereocenters. The molecule has 0 aromatic carbocycles. The molecule has 0 aromatic rings. The summed E-state index contributed by atoms with van der Waals surface area (Å²) in [6.07, 6.45) is 3.37. The molecule has 0 amide bonds. The van der Waals surface area contributed by atoms with Gasteiger partial charge in [-0.05, 0) is 45.4 Å². The molecular formula is C13H22O5. The van der Waals surface area contributed by atoms with Crippen molar-refractivity contribution in [1.82, 2.24) is 0 Å². The zero-order valence-corrected chi connectivity index (χ0v) is 10.8. The summed E-state index contributed by atoms with van der Waals surface area (Å²) >= 11 is 0. The summed E-state index contributed by atoms with van der Waals surface area (Å²) < 4.78 is 11.4. The molecule has 5 heteroatoms. The fourth-order valence-electron chi connectivity index (χ4n) is 2.73. The Morgan fingerprint density at radius 3 is 2.72 bits per heavy atom. The number of aliphatic carboxylic acids is 1. The summed E-state index contributed by atoms with van der Waals surface area (Å²) in [4.78, 5) is 10.9. The molecule has 1 saturated carbocycles. The van der Waals surface area contributed by atoms with Crippen LogP contribution in [0.3, 0.4) is 0 Å². The van der Waals surface area contributed by atoms with Crippen molar-refractivity contribution >= 4 is 5.97 Å². The third-order valence-corrected chi connectivity index (χ3v) is 4.09. The predicted octanol–water partition coefficient (Wildman–Crippen LogP) is 1.53. The summed E-state index contributed by atoms with van der Waals surface area (Å²) in [6.45, 7) is 2.56. The van der Waals surface area contributed by atoms with E-state index in [9.17, 15) is 9.90 Å². The molecule has 2 rings (SSSR count). The Morgan fingerprint density at radius 2 is 2.17 bits per heavy atom. The molecule has 1 heterocycles. The van der Waals surface area contributed by atoms with Crippen LogP contribution >= 0.6 is 0 Å². The Bertz CT molecular complexity index is 300. The van der Waals surface area contributed by atoms with E-state index in [-0.39, 0.29) is 12.7 Å². The highest BCUT2D eigenvalue weighted by Gasteiger charge is 2.43. The summed E-state index contributed by atoms with van der Waals surface area (Å²) in [5.74, 6) is -1.28. The summed E-state index contributed by atoms with van der Waals surface area (Å²) in [5, 5.41) is 19.1. The summed E-state index contributed by atoms with van der Waals surface area (Å²) in [7, 11) is 0. The van der Waals surface area contributed by atoms with Crippen LogP contribution in [-0.2, 0) is 14.3 Å². The van der Waals surface area contributed by atoms with Gasteiger partial charge in [0.05, 0.1) is 17.6 Å². The van der Waals surface area contributed by atoms with E-state index in [0.717, 1.165) is 19.3 Å². The first-order valence-electron chi connectivity index (χ1n) is 6.71. The van der Waals surface area contributed by atoms with Crippen molar-refractivity contribution < 1.29 is 24.5 Å². The number of ether oxygens (including phenoxy) is 2. The molecule has 2 fully saturated rings. The monoisotopic (exact) mass is 258 g/mol. The van der Waals surface area contributed by atoms with Gasteiger partial charge in [-0.25, -0.2) is 0 Å². The first kappa shape index (κ1) is 13.8. The fraction of sp³-hybridized carbons (Fsp3) is 0.923. The average molecular weight is 258 g/mol. The van der Waals surface area contributed by atoms with Gasteiger partial charge in [-0.2, -0.15) is 0 Å². The largest absolute Gasteiger partial charge is 0.481 e. The maximum absolute atomic E-state index is 10.9. The quantitative estimate of drug-likeness (QED) is 0.803. The molecular weight excluding hydrogens is 236 g/mol. The van der Waals surface area contributed by atoms with Gasteiger partial charge in [0.2, 0.25) is 0 Å². The Balaban J connectivity index is 1.92. The van der Waals surface area contributed by atoms with E-state index in [1.165, 1.54) is 0 Å². The van der Waals surface area contributed by atoms with Gasteiger partial charge in [-0.15, -0.1) is 0 Å². The number of carbonyl (C=O) groups is 1. The van der Waals surface area contributed by atoms with E-state index in [2.05, 4.69) is 0 Å². The number of hydrogen-bond acceptors (Lipinski definition) is 4. The Hall–Kier alpha value is -0.650. The first-order valence-corrected chi connectivity index (χ1v) is 6.71. The number of carboxylic acids is 1. The molecule has 1 saturated heterocycles. The SMILES string of the molecule is C[C@]1(OC2CCCCO2)CC[C@H](C(=O)O)C[C@@H]1O. The molecule has 0 radical (unpaired) electrons. The van der Waals surface area contributed by atoms with Crippen LogP contribution in [0.5, 0.6) is 0 Å². The molecule has 0 spiro atoms. The van der Waals surface area contributed by atoms with E-state index >= 15 is 0 Å². The van der Waals surface area contributed by atoms with Crippen molar-refractivity contribution in [2.45, 2.75) is 63.4 Å². The number of carboxylic acid groups (broad SMARTS) is 1. The van der Waals surface area contributed by atoms with E-state index in [1.807, 2.05) is 6.92 Å². The molecule has 2 aliphatic rings. The van der Waals surface area contributed by atoms with Crippen molar-refractivity contribution in [2.75, 3.05) is 6.61 Å². The molecule has 1 unspecified atom stereocenters. The maximum Gasteiger partial charge on any atom is 0.306 e. The van der Waals surface area contributed by atoms with E-state index in [4.69, 9.17) is 14.6 Å². The van der Waals surface area contributed by atoms with Crippen molar-refractivity contribution in [2.24, 2.45) is 5.92 Å². The van der Waals surface area contributed by atoms with Crippen LogP contribution in [0.15, 0.2) is 0 Å². The lowest BCUT2D eigenvalue weighted by atomic mass is 9.77. The molecule has 2 N–H and O–H groups in total. The van der Waals surface area contributed by atoms with Gasteiger partial charge in [0.25, 0.3) is 0 Å². The van der Waals surface area contributed by atoms with Gasteiger partial charge in [0.15, 0.2) is 6.29 Å². The minimum atomic E-state index is -0.829. The van der Waals surface area contributed by atoms with Crippen molar-refractivity contribution in [3.05, 3.63) is 0 Å². The summed E-state index contributed by atoms with van der Waals surface area (Å²) in [5.41, 5.74) is -0.673. The van der Waals surface area contributed by atoms with Gasteiger partial charge in [-0.1, -0.05) is 0 Å². The topological polar surface area (TPSA) is 76.0 Å².